The molecule has 0 saturated carbocycles. The zero-order chi connectivity index (χ0) is 20.9. The summed E-state index contributed by atoms with van der Waals surface area (Å²) in [6.45, 7) is 4.70. The Morgan fingerprint density at radius 3 is 2.54 bits per heavy atom. The number of nitrogens with zero attached hydrogens (tertiary/aromatic N) is 4. The van der Waals surface area contributed by atoms with E-state index < -0.39 is 12.1 Å². The van der Waals surface area contributed by atoms with E-state index in [1.807, 2.05) is 19.1 Å². The number of carboxylic acids is 1. The summed E-state index contributed by atoms with van der Waals surface area (Å²) in [7, 11) is 1.53. The Kier molecular flexibility index (Phi) is 7.13. The first kappa shape index (κ1) is 21.8. The second-order valence-corrected chi connectivity index (χ2v) is 6.24. The van der Waals surface area contributed by atoms with Crippen LogP contribution in [0.5, 0.6) is 0 Å². The highest BCUT2D eigenvalue weighted by atomic mass is 19.4. The third kappa shape index (κ3) is 5.52. The number of rotatable bonds is 3. The Hall–Kier alpha value is -2.47. The molecule has 28 heavy (non-hydrogen) atoms. The molecule has 0 aromatic carbocycles. The van der Waals surface area contributed by atoms with Crippen molar-refractivity contribution >= 4 is 17.7 Å². The molecule has 0 aliphatic carbocycles. The van der Waals surface area contributed by atoms with Crippen molar-refractivity contribution < 1.29 is 37.3 Å². The molecule has 1 N–H and O–H groups in total. The van der Waals surface area contributed by atoms with Crippen molar-refractivity contribution in [2.75, 3.05) is 44.9 Å². The maximum absolute atomic E-state index is 12.0. The fourth-order valence-electron chi connectivity index (χ4n) is 2.94. The zero-order valence-electron chi connectivity index (χ0n) is 15.3. The number of carboxylic acid groups (broad SMARTS) is 1. The molecule has 9 nitrogen and oxygen atoms in total. The molecule has 3 rings (SSSR count). The molecule has 1 amide bonds. The summed E-state index contributed by atoms with van der Waals surface area (Å²) < 4.78 is 42.5. The second-order valence-electron chi connectivity index (χ2n) is 6.24. The maximum atomic E-state index is 12.0. The van der Waals surface area contributed by atoms with E-state index in [0.29, 0.717) is 19.7 Å². The molecule has 3 heterocycles. The Labute approximate surface area is 159 Å². The van der Waals surface area contributed by atoms with Crippen molar-refractivity contribution in [3.05, 3.63) is 17.8 Å². The van der Waals surface area contributed by atoms with E-state index in [9.17, 15) is 18.0 Å². The first-order valence-electron chi connectivity index (χ1n) is 8.39. The molecule has 1 aromatic heterocycles. The van der Waals surface area contributed by atoms with Gasteiger partial charge in [0.25, 0.3) is 0 Å². The third-order valence-electron chi connectivity index (χ3n) is 4.24. The van der Waals surface area contributed by atoms with Crippen molar-refractivity contribution in [2.24, 2.45) is 0 Å². The Morgan fingerprint density at radius 2 is 2.00 bits per heavy atom. The number of morpholine rings is 1. The monoisotopic (exact) mass is 406 g/mol. The minimum atomic E-state index is -5.08. The van der Waals surface area contributed by atoms with Crippen LogP contribution in [0.3, 0.4) is 0 Å². The number of carbonyl (C=O) groups is 2. The molecule has 0 spiro atoms. The predicted octanol–water partition coefficient (Wildman–Crippen LogP) is 0.481. The van der Waals surface area contributed by atoms with Crippen LogP contribution in [0.15, 0.2) is 12.1 Å². The van der Waals surface area contributed by atoms with Crippen LogP contribution in [0, 0.1) is 6.92 Å². The van der Waals surface area contributed by atoms with E-state index in [2.05, 4.69) is 15.1 Å². The first-order valence-corrected chi connectivity index (χ1v) is 8.39. The highest BCUT2D eigenvalue weighted by Gasteiger charge is 2.42. The van der Waals surface area contributed by atoms with Crippen molar-refractivity contribution in [2.45, 2.75) is 25.2 Å². The van der Waals surface area contributed by atoms with Gasteiger partial charge >= 0.3 is 12.1 Å². The largest absolute Gasteiger partial charge is 0.490 e. The lowest BCUT2D eigenvalue weighted by atomic mass is 10.1. The summed E-state index contributed by atoms with van der Waals surface area (Å²) in [6, 6.07) is 4.07. The molecule has 0 bridgehead atoms. The van der Waals surface area contributed by atoms with Gasteiger partial charge in [0, 0.05) is 26.7 Å². The number of anilines is 1. The van der Waals surface area contributed by atoms with E-state index in [-0.39, 0.29) is 24.7 Å². The molecular formula is C16H21F3N4O5. The van der Waals surface area contributed by atoms with Crippen LogP contribution in [-0.4, -0.2) is 90.4 Å². The number of hydrogen-bond acceptors (Lipinski definition) is 7. The number of fused-ring (bicyclic) bond motifs is 1. The van der Waals surface area contributed by atoms with Crippen molar-refractivity contribution in [1.82, 2.24) is 15.1 Å². The minimum absolute atomic E-state index is 0.00504. The number of ether oxygens (including phenoxy) is 2. The van der Waals surface area contributed by atoms with Gasteiger partial charge < -0.3 is 24.4 Å². The summed E-state index contributed by atoms with van der Waals surface area (Å²) in [6.07, 6.45) is -5.05. The number of alkyl halides is 3. The molecule has 2 saturated heterocycles. The summed E-state index contributed by atoms with van der Waals surface area (Å²) in [5.41, 5.74) is 0.895. The molecule has 1 aromatic rings. The van der Waals surface area contributed by atoms with E-state index in [4.69, 9.17) is 19.4 Å². The normalized spacial score (nSPS) is 21.6. The fourth-order valence-corrected chi connectivity index (χ4v) is 2.94. The van der Waals surface area contributed by atoms with Gasteiger partial charge in [0.05, 0.1) is 24.4 Å². The molecule has 0 unspecified atom stereocenters. The number of aromatic nitrogens is 2. The van der Waals surface area contributed by atoms with E-state index in [1.165, 1.54) is 7.11 Å². The number of aliphatic carboxylic acids is 1. The van der Waals surface area contributed by atoms with Gasteiger partial charge in [0.2, 0.25) is 5.91 Å². The number of likely N-dealkylation sites (tertiary alicyclic amines) is 1. The topological polar surface area (TPSA) is 105 Å². The van der Waals surface area contributed by atoms with Gasteiger partial charge in [-0.15, -0.1) is 5.10 Å². The molecular weight excluding hydrogens is 385 g/mol. The van der Waals surface area contributed by atoms with Crippen LogP contribution < -0.4 is 4.90 Å². The number of carbonyl (C=O) groups excluding carboxylic acids is 1. The number of hydrogen-bond donors (Lipinski definition) is 1. The van der Waals surface area contributed by atoms with Gasteiger partial charge in [-0.2, -0.15) is 18.3 Å². The van der Waals surface area contributed by atoms with Crippen LogP contribution in [0.2, 0.25) is 0 Å². The van der Waals surface area contributed by atoms with Crippen LogP contribution in [0.1, 0.15) is 5.69 Å². The van der Waals surface area contributed by atoms with Gasteiger partial charge in [-0.25, -0.2) is 4.79 Å². The summed E-state index contributed by atoms with van der Waals surface area (Å²) >= 11 is 0. The van der Waals surface area contributed by atoms with E-state index >= 15 is 0 Å². The lowest BCUT2D eigenvalue weighted by Gasteiger charge is -2.37. The Balaban J connectivity index is 0.000000345. The molecule has 2 fully saturated rings. The quantitative estimate of drug-likeness (QED) is 0.773. The molecule has 2 atom stereocenters. The van der Waals surface area contributed by atoms with Crippen molar-refractivity contribution in [1.29, 1.82) is 0 Å². The standard InChI is InChI=1S/C14H20N4O3.C2HF3O2/c1-10-3-4-13(16-15-10)18-5-6-21-12-8-17(7-11(12)18)14(19)9-20-2;3-2(4,5)1(6)7/h3-4,11-12H,5-9H2,1-2H3;(H,6,7)/t11-,12+;/m1./s1. The molecule has 12 heteroatoms. The number of aryl methyl sites for hydroxylation is 1. The van der Waals surface area contributed by atoms with Crippen LogP contribution in [0.25, 0.3) is 0 Å². The number of methoxy groups -OCH3 is 1. The molecule has 0 radical (unpaired) electrons. The van der Waals surface area contributed by atoms with Crippen molar-refractivity contribution in [3.63, 3.8) is 0 Å². The summed E-state index contributed by atoms with van der Waals surface area (Å²) in [5, 5.41) is 15.5. The van der Waals surface area contributed by atoms with E-state index in [0.717, 1.165) is 18.1 Å². The SMILES string of the molecule is COCC(=O)N1C[C@@H]2OCCN(c3ccc(C)nn3)[C@@H]2C1.O=C(O)C(F)(F)F. The Bertz CT molecular complexity index is 686. The van der Waals surface area contributed by atoms with Crippen molar-refractivity contribution in [3.8, 4) is 0 Å². The zero-order valence-corrected chi connectivity index (χ0v) is 15.3. The average Bonchev–Trinajstić information content (AvgIpc) is 3.07. The Morgan fingerprint density at radius 1 is 1.32 bits per heavy atom. The maximum Gasteiger partial charge on any atom is 0.490 e. The third-order valence-corrected chi connectivity index (χ3v) is 4.24. The summed E-state index contributed by atoms with van der Waals surface area (Å²) in [4.78, 5) is 24.9. The molecule has 2 aliphatic rings. The number of amides is 1. The summed E-state index contributed by atoms with van der Waals surface area (Å²) in [5.74, 6) is -1.90. The lowest BCUT2D eigenvalue weighted by Crippen LogP contribution is -2.51. The second kappa shape index (κ2) is 9.15. The van der Waals surface area contributed by atoms with E-state index in [1.54, 1.807) is 4.90 Å². The van der Waals surface area contributed by atoms with Gasteiger partial charge in [0.15, 0.2) is 5.82 Å². The minimum Gasteiger partial charge on any atom is -0.475 e. The van der Waals surface area contributed by atoms with Gasteiger partial charge in [-0.1, -0.05) is 0 Å². The molecule has 2 aliphatic heterocycles. The fraction of sp³-hybridized carbons (Fsp3) is 0.625. The lowest BCUT2D eigenvalue weighted by molar-refractivity contribution is -0.192. The van der Waals surface area contributed by atoms with Gasteiger partial charge in [-0.05, 0) is 19.1 Å². The molecule has 156 valence electrons. The van der Waals surface area contributed by atoms with Gasteiger partial charge in [0.1, 0.15) is 6.61 Å². The van der Waals surface area contributed by atoms with Gasteiger partial charge in [-0.3, -0.25) is 4.79 Å². The van der Waals surface area contributed by atoms with Crippen LogP contribution in [0.4, 0.5) is 19.0 Å². The predicted molar refractivity (Wildman–Crippen MR) is 89.8 cm³/mol. The number of halogens is 3. The highest BCUT2D eigenvalue weighted by Crippen LogP contribution is 2.26. The van der Waals surface area contributed by atoms with Crippen LogP contribution >= 0.6 is 0 Å². The first-order chi connectivity index (χ1) is 13.1. The van der Waals surface area contributed by atoms with Crippen LogP contribution in [-0.2, 0) is 19.1 Å². The smallest absolute Gasteiger partial charge is 0.475 e. The highest BCUT2D eigenvalue weighted by molar-refractivity contribution is 5.78. The average molecular weight is 406 g/mol.